The lowest BCUT2D eigenvalue weighted by Crippen LogP contribution is -2.36. The lowest BCUT2D eigenvalue weighted by atomic mass is 10.0. The van der Waals surface area contributed by atoms with Gasteiger partial charge in [-0.1, -0.05) is 32.0 Å². The molecule has 152 valence electrons. The highest BCUT2D eigenvalue weighted by Crippen LogP contribution is 2.29. The lowest BCUT2D eigenvalue weighted by molar-refractivity contribution is -0.127. The van der Waals surface area contributed by atoms with Crippen LogP contribution in [-0.2, 0) is 11.3 Å². The van der Waals surface area contributed by atoms with E-state index in [1.54, 1.807) is 14.0 Å². The van der Waals surface area contributed by atoms with Crippen LogP contribution in [0.2, 0.25) is 0 Å². The van der Waals surface area contributed by atoms with Gasteiger partial charge in [-0.3, -0.25) is 4.79 Å². The van der Waals surface area contributed by atoms with Gasteiger partial charge in [0, 0.05) is 6.54 Å². The molecule has 1 atom stereocenters. The number of benzene rings is 2. The highest BCUT2D eigenvalue weighted by atomic mass is 16.5. The van der Waals surface area contributed by atoms with Gasteiger partial charge < -0.3 is 19.5 Å². The first-order chi connectivity index (χ1) is 13.3. The number of methoxy groups -OCH3 is 1. The molecule has 0 radical (unpaired) electrons. The molecule has 0 fully saturated rings. The standard InChI is InChI=1S/C23H31NO4/c1-7-27-22-13-18(9-11-20(22)26-6)14-24-23(25)17(5)28-21-12-16(4)8-10-19(21)15(2)3/h8-13,15,17H,7,14H2,1-6H3,(H,24,25)/t17-/m1/s1. The minimum absolute atomic E-state index is 0.162. The number of carbonyl (C=O) groups excluding carboxylic acids is 1. The molecule has 0 saturated carbocycles. The first kappa shape index (κ1) is 21.6. The predicted molar refractivity (Wildman–Crippen MR) is 111 cm³/mol. The van der Waals surface area contributed by atoms with Crippen LogP contribution in [0, 0.1) is 6.92 Å². The van der Waals surface area contributed by atoms with E-state index in [1.807, 2.05) is 38.1 Å². The fourth-order valence-electron chi connectivity index (χ4n) is 2.90. The highest BCUT2D eigenvalue weighted by Gasteiger charge is 2.17. The minimum Gasteiger partial charge on any atom is -0.493 e. The van der Waals surface area contributed by atoms with E-state index < -0.39 is 6.10 Å². The maximum absolute atomic E-state index is 12.5. The molecule has 1 N–H and O–H groups in total. The molecule has 2 rings (SSSR count). The second-order valence-electron chi connectivity index (χ2n) is 7.09. The summed E-state index contributed by atoms with van der Waals surface area (Å²) < 4.78 is 16.9. The predicted octanol–water partition coefficient (Wildman–Crippen LogP) is 4.61. The normalized spacial score (nSPS) is 11.8. The van der Waals surface area contributed by atoms with Crippen LogP contribution >= 0.6 is 0 Å². The molecule has 0 aliphatic heterocycles. The largest absolute Gasteiger partial charge is 0.493 e. The minimum atomic E-state index is -0.594. The second kappa shape index (κ2) is 10.0. The molecule has 2 aromatic rings. The molecule has 0 aliphatic carbocycles. The molecular weight excluding hydrogens is 354 g/mol. The molecule has 1 amide bonds. The summed E-state index contributed by atoms with van der Waals surface area (Å²) in [5.74, 6) is 2.27. The molecule has 0 spiro atoms. The van der Waals surface area contributed by atoms with Gasteiger partial charge in [0.15, 0.2) is 17.6 Å². The molecule has 0 heterocycles. The smallest absolute Gasteiger partial charge is 0.261 e. The van der Waals surface area contributed by atoms with Crippen molar-refractivity contribution in [3.8, 4) is 17.2 Å². The van der Waals surface area contributed by atoms with E-state index in [9.17, 15) is 4.79 Å². The summed E-state index contributed by atoms with van der Waals surface area (Å²) in [6.07, 6.45) is -0.594. The van der Waals surface area contributed by atoms with Gasteiger partial charge in [-0.15, -0.1) is 0 Å². The Kier molecular flexibility index (Phi) is 7.73. The lowest BCUT2D eigenvalue weighted by Gasteiger charge is -2.19. The van der Waals surface area contributed by atoms with E-state index in [-0.39, 0.29) is 5.91 Å². The molecule has 5 nitrogen and oxygen atoms in total. The van der Waals surface area contributed by atoms with Crippen LogP contribution in [0.15, 0.2) is 36.4 Å². The summed E-state index contributed by atoms with van der Waals surface area (Å²) in [5, 5.41) is 2.93. The first-order valence-corrected chi connectivity index (χ1v) is 9.70. The average Bonchev–Trinajstić information content (AvgIpc) is 2.66. The van der Waals surface area contributed by atoms with Crippen LogP contribution in [0.25, 0.3) is 0 Å². The van der Waals surface area contributed by atoms with Gasteiger partial charge in [0.05, 0.1) is 13.7 Å². The van der Waals surface area contributed by atoms with Crippen molar-refractivity contribution < 1.29 is 19.0 Å². The van der Waals surface area contributed by atoms with Crippen molar-refractivity contribution in [1.82, 2.24) is 5.32 Å². The molecule has 0 aromatic heterocycles. The zero-order valence-corrected chi connectivity index (χ0v) is 17.7. The fourth-order valence-corrected chi connectivity index (χ4v) is 2.90. The third-order valence-corrected chi connectivity index (χ3v) is 4.46. The van der Waals surface area contributed by atoms with Crippen LogP contribution in [0.5, 0.6) is 17.2 Å². The van der Waals surface area contributed by atoms with Gasteiger partial charge in [-0.05, 0) is 61.6 Å². The maximum atomic E-state index is 12.5. The van der Waals surface area contributed by atoms with Crippen molar-refractivity contribution in [1.29, 1.82) is 0 Å². The van der Waals surface area contributed by atoms with Gasteiger partial charge in [-0.2, -0.15) is 0 Å². The Bertz CT molecular complexity index is 801. The van der Waals surface area contributed by atoms with Crippen LogP contribution < -0.4 is 19.5 Å². The third-order valence-electron chi connectivity index (χ3n) is 4.46. The SMILES string of the molecule is CCOc1cc(CNC(=O)[C@@H](C)Oc2cc(C)ccc2C(C)C)ccc1OC. The molecule has 0 aliphatic rings. The molecule has 28 heavy (non-hydrogen) atoms. The van der Waals surface area contributed by atoms with Crippen LogP contribution in [0.1, 0.15) is 50.3 Å². The summed E-state index contributed by atoms with van der Waals surface area (Å²) in [6.45, 7) is 10.9. The van der Waals surface area contributed by atoms with Crippen LogP contribution in [0.4, 0.5) is 0 Å². The summed E-state index contributed by atoms with van der Waals surface area (Å²) >= 11 is 0. The Balaban J connectivity index is 2.02. The Morgan fingerprint density at radius 3 is 2.43 bits per heavy atom. The number of hydrogen-bond donors (Lipinski definition) is 1. The Morgan fingerprint density at radius 1 is 1.04 bits per heavy atom. The number of nitrogens with one attached hydrogen (secondary N) is 1. The van der Waals surface area contributed by atoms with E-state index in [2.05, 4.69) is 31.3 Å². The summed E-state index contributed by atoms with van der Waals surface area (Å²) in [4.78, 5) is 12.5. The fraction of sp³-hybridized carbons (Fsp3) is 0.435. The van der Waals surface area contributed by atoms with E-state index in [1.165, 1.54) is 0 Å². The molecule has 0 bridgehead atoms. The number of amides is 1. The van der Waals surface area contributed by atoms with Gasteiger partial charge in [0.25, 0.3) is 5.91 Å². The van der Waals surface area contributed by atoms with Crippen molar-refractivity contribution in [2.75, 3.05) is 13.7 Å². The molecule has 0 saturated heterocycles. The monoisotopic (exact) mass is 385 g/mol. The van der Waals surface area contributed by atoms with Crippen molar-refractivity contribution in [2.45, 2.75) is 53.2 Å². The van der Waals surface area contributed by atoms with Gasteiger partial charge >= 0.3 is 0 Å². The number of rotatable bonds is 9. The Labute approximate surface area is 168 Å². The molecule has 0 unspecified atom stereocenters. The number of carbonyl (C=O) groups is 1. The molecule has 5 heteroatoms. The maximum Gasteiger partial charge on any atom is 0.261 e. The summed E-state index contributed by atoms with van der Waals surface area (Å²) in [5.41, 5.74) is 3.14. The molecule has 2 aromatic carbocycles. The summed E-state index contributed by atoms with van der Waals surface area (Å²) in [7, 11) is 1.61. The Morgan fingerprint density at radius 2 is 1.79 bits per heavy atom. The number of ether oxygens (including phenoxy) is 3. The average molecular weight is 386 g/mol. The van der Waals surface area contributed by atoms with E-state index in [4.69, 9.17) is 14.2 Å². The zero-order chi connectivity index (χ0) is 20.7. The van der Waals surface area contributed by atoms with Crippen molar-refractivity contribution in [3.63, 3.8) is 0 Å². The van der Waals surface area contributed by atoms with Gasteiger partial charge in [0.1, 0.15) is 5.75 Å². The van der Waals surface area contributed by atoms with E-state index >= 15 is 0 Å². The molecular formula is C23H31NO4. The Hall–Kier alpha value is -2.69. The van der Waals surface area contributed by atoms with Gasteiger partial charge in [-0.25, -0.2) is 0 Å². The van der Waals surface area contributed by atoms with Crippen molar-refractivity contribution >= 4 is 5.91 Å². The third kappa shape index (κ3) is 5.65. The zero-order valence-electron chi connectivity index (χ0n) is 17.7. The van der Waals surface area contributed by atoms with Crippen molar-refractivity contribution in [3.05, 3.63) is 53.1 Å². The first-order valence-electron chi connectivity index (χ1n) is 9.70. The van der Waals surface area contributed by atoms with Crippen LogP contribution in [-0.4, -0.2) is 25.7 Å². The van der Waals surface area contributed by atoms with E-state index in [0.29, 0.717) is 30.6 Å². The van der Waals surface area contributed by atoms with Crippen LogP contribution in [0.3, 0.4) is 0 Å². The topological polar surface area (TPSA) is 56.8 Å². The van der Waals surface area contributed by atoms with Crippen molar-refractivity contribution in [2.24, 2.45) is 0 Å². The number of hydrogen-bond acceptors (Lipinski definition) is 4. The highest BCUT2D eigenvalue weighted by molar-refractivity contribution is 5.80. The summed E-state index contributed by atoms with van der Waals surface area (Å²) in [6, 6.07) is 11.7. The quantitative estimate of drug-likeness (QED) is 0.685. The van der Waals surface area contributed by atoms with E-state index in [0.717, 1.165) is 22.4 Å². The number of aryl methyl sites for hydroxylation is 1. The second-order valence-corrected chi connectivity index (χ2v) is 7.09. The van der Waals surface area contributed by atoms with Gasteiger partial charge in [0.2, 0.25) is 0 Å².